The first-order valence-corrected chi connectivity index (χ1v) is 9.46. The normalized spacial score (nSPS) is 14.8. The number of aromatic nitrogens is 1. The van der Waals surface area contributed by atoms with Gasteiger partial charge < -0.3 is 10.2 Å². The molecule has 0 aromatic carbocycles. The van der Waals surface area contributed by atoms with Crippen LogP contribution in [0.15, 0.2) is 23.0 Å². The number of hydrogen-bond acceptors (Lipinski definition) is 5. The van der Waals surface area contributed by atoms with Gasteiger partial charge in [-0.15, -0.1) is 36.2 Å². The second-order valence-electron chi connectivity index (χ2n) is 5.67. The molecular weight excluding hydrogens is 385 g/mol. The second kappa shape index (κ2) is 10.4. The molecule has 134 valence electrons. The average Bonchev–Trinajstić information content (AvgIpc) is 3.23. The van der Waals surface area contributed by atoms with E-state index in [0.717, 1.165) is 53.8 Å². The van der Waals surface area contributed by atoms with Gasteiger partial charge >= 0.3 is 0 Å². The van der Waals surface area contributed by atoms with E-state index in [1.807, 2.05) is 23.4 Å². The van der Waals surface area contributed by atoms with Crippen molar-refractivity contribution in [1.29, 1.82) is 0 Å². The minimum Gasteiger partial charge on any atom is -0.338 e. The summed E-state index contributed by atoms with van der Waals surface area (Å²) >= 11 is 3.15. The van der Waals surface area contributed by atoms with Gasteiger partial charge in [0.25, 0.3) is 5.91 Å². The summed E-state index contributed by atoms with van der Waals surface area (Å²) in [5, 5.41) is 8.25. The summed E-state index contributed by atoms with van der Waals surface area (Å²) in [7, 11) is 1.99. The summed E-state index contributed by atoms with van der Waals surface area (Å²) in [6.45, 7) is 2.81. The number of thiazole rings is 1. The predicted octanol–water partition coefficient (Wildman–Crippen LogP) is 4.18. The van der Waals surface area contributed by atoms with Crippen LogP contribution < -0.4 is 5.32 Å². The molecule has 0 saturated carbocycles. The number of hydrogen-bond donors (Lipinski definition) is 1. The Morgan fingerprint density at radius 3 is 2.75 bits per heavy atom. The van der Waals surface area contributed by atoms with E-state index in [1.54, 1.807) is 17.5 Å². The summed E-state index contributed by atoms with van der Waals surface area (Å²) in [6, 6.07) is 2.05. The zero-order valence-electron chi connectivity index (χ0n) is 13.6. The van der Waals surface area contributed by atoms with Crippen LogP contribution >= 0.6 is 47.5 Å². The molecule has 1 N–H and O–H groups in total. The third-order valence-corrected chi connectivity index (χ3v) is 5.91. The largest absolute Gasteiger partial charge is 0.338 e. The lowest BCUT2D eigenvalue weighted by Crippen LogP contribution is -2.38. The molecule has 0 aliphatic carbocycles. The zero-order chi connectivity index (χ0) is 15.4. The number of halogens is 2. The number of likely N-dealkylation sites (tertiary alicyclic amines) is 1. The summed E-state index contributed by atoms with van der Waals surface area (Å²) in [6.07, 6.45) is 5.17. The molecule has 24 heavy (non-hydrogen) atoms. The van der Waals surface area contributed by atoms with E-state index in [0.29, 0.717) is 0 Å². The van der Waals surface area contributed by atoms with Crippen molar-refractivity contribution in [3.63, 3.8) is 0 Å². The van der Waals surface area contributed by atoms with E-state index in [-0.39, 0.29) is 30.7 Å². The van der Waals surface area contributed by atoms with Crippen LogP contribution in [0.1, 0.15) is 28.9 Å². The van der Waals surface area contributed by atoms with E-state index < -0.39 is 0 Å². The lowest BCUT2D eigenvalue weighted by atomic mass is 9.93. The van der Waals surface area contributed by atoms with Gasteiger partial charge in [-0.2, -0.15) is 11.3 Å². The third-order valence-electron chi connectivity index (χ3n) is 4.19. The second-order valence-corrected chi connectivity index (χ2v) is 7.48. The highest BCUT2D eigenvalue weighted by Crippen LogP contribution is 2.29. The molecule has 1 aliphatic heterocycles. The van der Waals surface area contributed by atoms with Gasteiger partial charge in [-0.05, 0) is 50.2 Å². The fraction of sp³-hybridized carbons (Fsp3) is 0.500. The fourth-order valence-electron chi connectivity index (χ4n) is 2.82. The van der Waals surface area contributed by atoms with Crippen LogP contribution in [0, 0.1) is 5.92 Å². The molecule has 1 amide bonds. The minimum atomic E-state index is 0. The highest BCUT2D eigenvalue weighted by atomic mass is 35.5. The molecule has 3 rings (SSSR count). The van der Waals surface area contributed by atoms with E-state index >= 15 is 0 Å². The van der Waals surface area contributed by atoms with Crippen LogP contribution in [0.4, 0.5) is 0 Å². The first kappa shape index (κ1) is 21.4. The van der Waals surface area contributed by atoms with E-state index in [2.05, 4.69) is 15.7 Å². The van der Waals surface area contributed by atoms with Crippen molar-refractivity contribution >= 4 is 53.4 Å². The summed E-state index contributed by atoms with van der Waals surface area (Å²) in [5.41, 5.74) is 1.11. The summed E-state index contributed by atoms with van der Waals surface area (Å²) < 4.78 is 0. The average molecular weight is 408 g/mol. The van der Waals surface area contributed by atoms with Gasteiger partial charge in [0.15, 0.2) is 0 Å². The number of rotatable bonds is 5. The molecule has 0 radical (unpaired) electrons. The highest BCUT2D eigenvalue weighted by molar-refractivity contribution is 7.17. The van der Waals surface area contributed by atoms with Crippen LogP contribution in [-0.4, -0.2) is 42.5 Å². The topological polar surface area (TPSA) is 45.2 Å². The quantitative estimate of drug-likeness (QED) is 0.808. The molecule has 1 saturated heterocycles. The fourth-order valence-corrected chi connectivity index (χ4v) is 4.42. The van der Waals surface area contributed by atoms with Crippen LogP contribution in [0.3, 0.4) is 0 Å². The van der Waals surface area contributed by atoms with Crippen molar-refractivity contribution in [2.45, 2.75) is 19.3 Å². The monoisotopic (exact) mass is 407 g/mol. The molecule has 4 nitrogen and oxygen atoms in total. The van der Waals surface area contributed by atoms with Crippen molar-refractivity contribution in [1.82, 2.24) is 15.2 Å². The minimum absolute atomic E-state index is 0. The Bertz CT molecular complexity index is 611. The number of amides is 1. The van der Waals surface area contributed by atoms with Crippen molar-refractivity contribution in [2.75, 3.05) is 26.7 Å². The molecular formula is C16H23Cl2N3OS2. The standard InChI is InChI=1S/C16H21N3OS2.2ClH/c1-17-6-2-12-3-7-19(8-4-12)16(20)14-10-18-15(22-14)13-5-9-21-11-13;;/h5,9-12,17H,2-4,6-8H2,1H3;2*1H. The number of piperidine rings is 1. The van der Waals surface area contributed by atoms with Gasteiger partial charge in [0.05, 0.1) is 6.20 Å². The van der Waals surface area contributed by atoms with Crippen LogP contribution in [0.5, 0.6) is 0 Å². The van der Waals surface area contributed by atoms with Crippen LogP contribution in [-0.2, 0) is 0 Å². The molecule has 1 fully saturated rings. The zero-order valence-corrected chi connectivity index (χ0v) is 16.8. The smallest absolute Gasteiger partial charge is 0.265 e. The SMILES string of the molecule is CNCCC1CCN(C(=O)c2cnc(-c3ccsc3)s2)CC1.Cl.Cl. The van der Waals surface area contributed by atoms with Crippen LogP contribution in [0.25, 0.3) is 10.6 Å². The van der Waals surface area contributed by atoms with Crippen molar-refractivity contribution in [3.05, 3.63) is 27.9 Å². The number of nitrogens with zero attached hydrogens (tertiary/aromatic N) is 2. The van der Waals surface area contributed by atoms with Gasteiger partial charge in [-0.1, -0.05) is 0 Å². The first-order chi connectivity index (χ1) is 10.8. The van der Waals surface area contributed by atoms with Gasteiger partial charge in [0, 0.05) is 24.0 Å². The molecule has 0 atom stereocenters. The molecule has 1 aliphatic rings. The molecule has 0 spiro atoms. The van der Waals surface area contributed by atoms with Crippen molar-refractivity contribution in [3.8, 4) is 10.6 Å². The highest BCUT2D eigenvalue weighted by Gasteiger charge is 2.24. The van der Waals surface area contributed by atoms with Gasteiger partial charge in [-0.25, -0.2) is 4.98 Å². The summed E-state index contributed by atoms with van der Waals surface area (Å²) in [4.78, 5) is 19.7. The number of carbonyl (C=O) groups is 1. The van der Waals surface area contributed by atoms with Crippen molar-refractivity contribution < 1.29 is 4.79 Å². The molecule has 2 aromatic rings. The Hall–Kier alpha value is -0.660. The lowest BCUT2D eigenvalue weighted by molar-refractivity contribution is 0.0692. The van der Waals surface area contributed by atoms with Gasteiger partial charge in [0.1, 0.15) is 9.88 Å². The van der Waals surface area contributed by atoms with Crippen molar-refractivity contribution in [2.24, 2.45) is 5.92 Å². The first-order valence-electron chi connectivity index (χ1n) is 7.70. The molecule has 2 aromatic heterocycles. The number of carbonyl (C=O) groups excluding carboxylic acids is 1. The number of nitrogens with one attached hydrogen (secondary N) is 1. The Morgan fingerprint density at radius 2 is 2.12 bits per heavy atom. The maximum absolute atomic E-state index is 12.6. The van der Waals surface area contributed by atoms with E-state index in [4.69, 9.17) is 0 Å². The van der Waals surface area contributed by atoms with Gasteiger partial charge in [-0.3, -0.25) is 4.79 Å². The maximum atomic E-state index is 12.6. The Kier molecular flexibility index (Phi) is 9.23. The Labute approximate surface area is 163 Å². The van der Waals surface area contributed by atoms with Crippen LogP contribution in [0.2, 0.25) is 0 Å². The van der Waals surface area contributed by atoms with E-state index in [1.165, 1.54) is 17.8 Å². The molecule has 3 heterocycles. The third kappa shape index (κ3) is 5.17. The molecule has 0 unspecified atom stereocenters. The lowest BCUT2D eigenvalue weighted by Gasteiger charge is -2.31. The maximum Gasteiger partial charge on any atom is 0.265 e. The Morgan fingerprint density at radius 1 is 1.38 bits per heavy atom. The van der Waals surface area contributed by atoms with Gasteiger partial charge in [0.2, 0.25) is 0 Å². The predicted molar refractivity (Wildman–Crippen MR) is 107 cm³/mol. The van der Waals surface area contributed by atoms with E-state index in [9.17, 15) is 4.79 Å². The molecule has 0 bridgehead atoms. The Balaban J connectivity index is 0.00000144. The summed E-state index contributed by atoms with van der Waals surface area (Å²) in [5.74, 6) is 0.894. The number of thiophene rings is 1. The molecule has 8 heteroatoms.